The Labute approximate surface area is 101 Å². The summed E-state index contributed by atoms with van der Waals surface area (Å²) < 4.78 is 18.1. The van der Waals surface area contributed by atoms with Gasteiger partial charge in [-0.3, -0.25) is 0 Å². The Morgan fingerprint density at radius 3 is 2.65 bits per heavy atom. The minimum atomic E-state index is -0.256. The molecule has 0 saturated heterocycles. The number of allylic oxidation sites excluding steroid dienone is 1. The number of ether oxygens (including phenoxy) is 1. The number of nitrogens with two attached hydrogens (primary N) is 1. The van der Waals surface area contributed by atoms with E-state index in [0.29, 0.717) is 18.3 Å². The standard InChI is InChI=1S/C14H18FNO/c1-10-8-11(10)2-5-13(16)9-17-14-6-3-12(15)4-7-14/h3-4,6-7,11,13H,1-2,5,8-9,16H2/t11-,13+/m1/s1. The van der Waals surface area contributed by atoms with Crippen molar-refractivity contribution in [1.29, 1.82) is 0 Å². The van der Waals surface area contributed by atoms with E-state index in [-0.39, 0.29) is 11.9 Å². The summed E-state index contributed by atoms with van der Waals surface area (Å²) in [6, 6.07) is 6.04. The molecule has 1 aliphatic carbocycles. The first-order valence-corrected chi connectivity index (χ1v) is 5.97. The first kappa shape index (κ1) is 12.1. The third-order valence-electron chi connectivity index (χ3n) is 3.09. The smallest absolute Gasteiger partial charge is 0.123 e. The van der Waals surface area contributed by atoms with Crippen LogP contribution in [0, 0.1) is 11.7 Å². The fraction of sp³-hybridized carbons (Fsp3) is 0.429. The van der Waals surface area contributed by atoms with Gasteiger partial charge in [0, 0.05) is 6.04 Å². The maximum absolute atomic E-state index is 12.7. The maximum Gasteiger partial charge on any atom is 0.123 e. The van der Waals surface area contributed by atoms with Gasteiger partial charge in [-0.1, -0.05) is 12.2 Å². The van der Waals surface area contributed by atoms with Gasteiger partial charge < -0.3 is 10.5 Å². The second-order valence-electron chi connectivity index (χ2n) is 4.66. The highest BCUT2D eigenvalue weighted by Crippen LogP contribution is 2.39. The molecule has 0 unspecified atom stereocenters. The van der Waals surface area contributed by atoms with Crippen molar-refractivity contribution in [3.8, 4) is 5.75 Å². The number of hydrogen-bond donors (Lipinski definition) is 1. The summed E-state index contributed by atoms with van der Waals surface area (Å²) in [7, 11) is 0. The Hall–Kier alpha value is -1.35. The molecule has 2 rings (SSSR count). The Balaban J connectivity index is 1.66. The molecule has 0 spiro atoms. The fourth-order valence-corrected chi connectivity index (χ4v) is 1.80. The Morgan fingerprint density at radius 2 is 2.06 bits per heavy atom. The van der Waals surface area contributed by atoms with E-state index in [1.165, 1.54) is 17.7 Å². The van der Waals surface area contributed by atoms with Gasteiger partial charge in [-0.25, -0.2) is 4.39 Å². The first-order valence-electron chi connectivity index (χ1n) is 5.97. The summed E-state index contributed by atoms with van der Waals surface area (Å²) in [5.41, 5.74) is 7.29. The highest BCUT2D eigenvalue weighted by Gasteiger charge is 2.26. The second kappa shape index (κ2) is 5.32. The van der Waals surface area contributed by atoms with Crippen molar-refractivity contribution in [3.05, 3.63) is 42.2 Å². The highest BCUT2D eigenvalue weighted by atomic mass is 19.1. The van der Waals surface area contributed by atoms with Crippen molar-refractivity contribution in [2.45, 2.75) is 25.3 Å². The molecule has 2 nitrogen and oxygen atoms in total. The van der Waals surface area contributed by atoms with E-state index in [0.717, 1.165) is 19.3 Å². The van der Waals surface area contributed by atoms with Crippen LogP contribution in [0.3, 0.4) is 0 Å². The van der Waals surface area contributed by atoms with E-state index in [1.807, 2.05) is 0 Å². The van der Waals surface area contributed by atoms with Crippen LogP contribution in [0.4, 0.5) is 4.39 Å². The zero-order valence-electron chi connectivity index (χ0n) is 9.86. The summed E-state index contributed by atoms with van der Waals surface area (Å²) >= 11 is 0. The molecule has 3 heteroatoms. The zero-order chi connectivity index (χ0) is 12.3. The molecular formula is C14H18FNO. The lowest BCUT2D eigenvalue weighted by molar-refractivity contribution is 0.278. The van der Waals surface area contributed by atoms with E-state index in [4.69, 9.17) is 10.5 Å². The quantitative estimate of drug-likeness (QED) is 0.769. The summed E-state index contributed by atoms with van der Waals surface area (Å²) in [6.45, 7) is 4.40. The van der Waals surface area contributed by atoms with Gasteiger partial charge in [0.1, 0.15) is 18.2 Å². The molecule has 1 aliphatic rings. The van der Waals surface area contributed by atoms with Crippen molar-refractivity contribution in [3.63, 3.8) is 0 Å². The number of hydrogen-bond acceptors (Lipinski definition) is 2. The average Bonchev–Trinajstić information content (AvgIpc) is 3.02. The topological polar surface area (TPSA) is 35.2 Å². The largest absolute Gasteiger partial charge is 0.492 e. The SMILES string of the molecule is C=C1C[C@H]1CC[C@H](N)COc1ccc(F)cc1. The van der Waals surface area contributed by atoms with Gasteiger partial charge in [0.2, 0.25) is 0 Å². The summed E-state index contributed by atoms with van der Waals surface area (Å²) in [6.07, 6.45) is 3.21. The lowest BCUT2D eigenvalue weighted by Crippen LogP contribution is -2.27. The highest BCUT2D eigenvalue weighted by molar-refractivity contribution is 5.22. The van der Waals surface area contributed by atoms with Crippen LogP contribution in [0.5, 0.6) is 5.75 Å². The van der Waals surface area contributed by atoms with E-state index < -0.39 is 0 Å². The molecule has 0 radical (unpaired) electrons. The first-order chi connectivity index (χ1) is 8.15. The molecule has 0 bridgehead atoms. The molecule has 0 aliphatic heterocycles. The Bertz CT molecular complexity index is 388. The van der Waals surface area contributed by atoms with E-state index >= 15 is 0 Å². The Kier molecular flexibility index (Phi) is 3.79. The Morgan fingerprint density at radius 1 is 1.41 bits per heavy atom. The van der Waals surface area contributed by atoms with Crippen molar-refractivity contribution >= 4 is 0 Å². The predicted molar refractivity (Wildman–Crippen MR) is 66.4 cm³/mol. The van der Waals surface area contributed by atoms with E-state index in [1.54, 1.807) is 12.1 Å². The van der Waals surface area contributed by atoms with E-state index in [9.17, 15) is 4.39 Å². The average molecular weight is 235 g/mol. The van der Waals surface area contributed by atoms with Gasteiger partial charge in [-0.05, 0) is 49.4 Å². The number of rotatable bonds is 6. The van der Waals surface area contributed by atoms with Gasteiger partial charge in [-0.15, -0.1) is 0 Å². The summed E-state index contributed by atoms with van der Waals surface area (Å²) in [5, 5.41) is 0. The zero-order valence-corrected chi connectivity index (χ0v) is 9.86. The molecule has 1 saturated carbocycles. The molecule has 1 aromatic carbocycles. The van der Waals surface area contributed by atoms with Crippen LogP contribution >= 0.6 is 0 Å². The van der Waals surface area contributed by atoms with Crippen LogP contribution < -0.4 is 10.5 Å². The molecule has 0 amide bonds. The molecule has 1 fully saturated rings. The summed E-state index contributed by atoms with van der Waals surface area (Å²) in [4.78, 5) is 0. The van der Waals surface area contributed by atoms with E-state index in [2.05, 4.69) is 6.58 Å². The molecule has 1 aromatic rings. The van der Waals surface area contributed by atoms with Crippen LogP contribution in [0.2, 0.25) is 0 Å². The molecule has 17 heavy (non-hydrogen) atoms. The van der Waals surface area contributed by atoms with Crippen LogP contribution in [0.25, 0.3) is 0 Å². The van der Waals surface area contributed by atoms with Crippen molar-refractivity contribution in [2.75, 3.05) is 6.61 Å². The molecule has 92 valence electrons. The van der Waals surface area contributed by atoms with Crippen molar-refractivity contribution in [2.24, 2.45) is 11.7 Å². The lowest BCUT2D eigenvalue weighted by atomic mass is 10.1. The normalized spacial score (nSPS) is 20.1. The fourth-order valence-electron chi connectivity index (χ4n) is 1.80. The van der Waals surface area contributed by atoms with Crippen LogP contribution in [-0.4, -0.2) is 12.6 Å². The van der Waals surface area contributed by atoms with Crippen LogP contribution in [-0.2, 0) is 0 Å². The molecular weight excluding hydrogens is 217 g/mol. The van der Waals surface area contributed by atoms with Crippen LogP contribution in [0.1, 0.15) is 19.3 Å². The minimum Gasteiger partial charge on any atom is -0.492 e. The lowest BCUT2D eigenvalue weighted by Gasteiger charge is -2.12. The van der Waals surface area contributed by atoms with Gasteiger partial charge in [0.05, 0.1) is 0 Å². The summed E-state index contributed by atoms with van der Waals surface area (Å²) in [5.74, 6) is 1.10. The molecule has 0 aromatic heterocycles. The van der Waals surface area contributed by atoms with Crippen molar-refractivity contribution in [1.82, 2.24) is 0 Å². The number of halogens is 1. The van der Waals surface area contributed by atoms with Gasteiger partial charge in [0.15, 0.2) is 0 Å². The third-order valence-corrected chi connectivity index (χ3v) is 3.09. The second-order valence-corrected chi connectivity index (χ2v) is 4.66. The van der Waals surface area contributed by atoms with Crippen LogP contribution in [0.15, 0.2) is 36.4 Å². The van der Waals surface area contributed by atoms with Gasteiger partial charge in [0.25, 0.3) is 0 Å². The van der Waals surface area contributed by atoms with Crippen molar-refractivity contribution < 1.29 is 9.13 Å². The molecule has 2 atom stereocenters. The minimum absolute atomic E-state index is 0.0356. The monoisotopic (exact) mass is 235 g/mol. The van der Waals surface area contributed by atoms with Gasteiger partial charge >= 0.3 is 0 Å². The van der Waals surface area contributed by atoms with Gasteiger partial charge in [-0.2, -0.15) is 0 Å². The predicted octanol–water partition coefficient (Wildman–Crippen LogP) is 2.89. The molecule has 0 heterocycles. The molecule has 2 N–H and O–H groups in total. The third kappa shape index (κ3) is 3.86. The number of benzene rings is 1. The maximum atomic E-state index is 12.7.